The van der Waals surface area contributed by atoms with Gasteiger partial charge in [0, 0.05) is 18.3 Å². The van der Waals surface area contributed by atoms with Gasteiger partial charge in [0.2, 0.25) is 0 Å². The van der Waals surface area contributed by atoms with Crippen molar-refractivity contribution in [3.05, 3.63) is 47.2 Å². The Morgan fingerprint density at radius 3 is 2.44 bits per heavy atom. The summed E-state index contributed by atoms with van der Waals surface area (Å²) in [6, 6.07) is 0. The van der Waals surface area contributed by atoms with Gasteiger partial charge in [-0.25, -0.2) is 0 Å². The molecule has 1 aliphatic carbocycles. The second-order valence-electron chi connectivity index (χ2n) is 4.26. The van der Waals surface area contributed by atoms with Crippen molar-refractivity contribution in [1.29, 1.82) is 0 Å². The highest BCUT2D eigenvalue weighted by Crippen LogP contribution is 2.28. The van der Waals surface area contributed by atoms with Crippen LogP contribution < -0.4 is 5.73 Å². The van der Waals surface area contributed by atoms with Gasteiger partial charge in [-0.2, -0.15) is 0 Å². The molecule has 0 aromatic heterocycles. The van der Waals surface area contributed by atoms with Gasteiger partial charge in [-0.3, -0.25) is 4.99 Å². The minimum Gasteiger partial charge on any atom is -0.402 e. The molecule has 0 atom stereocenters. The average Bonchev–Trinajstić information content (AvgIpc) is 2.26. The molecule has 2 heteroatoms. The Morgan fingerprint density at radius 1 is 1.44 bits per heavy atom. The molecular weight excluding hydrogens is 196 g/mol. The van der Waals surface area contributed by atoms with Gasteiger partial charge < -0.3 is 5.73 Å². The van der Waals surface area contributed by atoms with E-state index >= 15 is 0 Å². The van der Waals surface area contributed by atoms with Crippen LogP contribution in [0.2, 0.25) is 0 Å². The van der Waals surface area contributed by atoms with Gasteiger partial charge in [-0.15, -0.1) is 0 Å². The Morgan fingerprint density at radius 2 is 2.06 bits per heavy atom. The van der Waals surface area contributed by atoms with E-state index in [2.05, 4.69) is 31.5 Å². The molecule has 16 heavy (non-hydrogen) atoms. The Kier molecular flexibility index (Phi) is 3.88. The smallest absolute Gasteiger partial charge is 0.0666 e. The highest BCUT2D eigenvalue weighted by Gasteiger charge is 2.17. The van der Waals surface area contributed by atoms with Crippen molar-refractivity contribution in [2.75, 3.05) is 7.05 Å². The Balaban J connectivity index is 3.36. The lowest BCUT2D eigenvalue weighted by atomic mass is 9.86. The lowest BCUT2D eigenvalue weighted by Gasteiger charge is -2.20. The van der Waals surface area contributed by atoms with Crippen molar-refractivity contribution >= 4 is 5.71 Å². The van der Waals surface area contributed by atoms with E-state index in [-0.39, 0.29) is 0 Å². The molecule has 0 amide bonds. The zero-order chi connectivity index (χ0) is 12.3. The number of hydrogen-bond acceptors (Lipinski definition) is 2. The van der Waals surface area contributed by atoms with E-state index in [0.717, 1.165) is 22.6 Å². The summed E-state index contributed by atoms with van der Waals surface area (Å²) in [6.07, 6.45) is 6.05. The van der Waals surface area contributed by atoms with E-state index in [1.807, 2.05) is 19.1 Å². The van der Waals surface area contributed by atoms with E-state index in [1.54, 1.807) is 7.05 Å². The summed E-state index contributed by atoms with van der Waals surface area (Å²) in [5.41, 5.74) is 11.0. The highest BCUT2D eigenvalue weighted by atomic mass is 14.7. The van der Waals surface area contributed by atoms with Crippen molar-refractivity contribution in [3.63, 3.8) is 0 Å². The summed E-state index contributed by atoms with van der Waals surface area (Å²) in [6.45, 7) is 10.1. The van der Waals surface area contributed by atoms with Crippen molar-refractivity contribution in [1.82, 2.24) is 0 Å². The van der Waals surface area contributed by atoms with Gasteiger partial charge in [-0.05, 0) is 36.1 Å². The molecule has 0 bridgehead atoms. The van der Waals surface area contributed by atoms with Crippen LogP contribution in [0.5, 0.6) is 0 Å². The van der Waals surface area contributed by atoms with E-state index < -0.39 is 0 Å². The number of rotatable bonds is 2. The van der Waals surface area contributed by atoms with Crippen LogP contribution in [-0.4, -0.2) is 12.8 Å². The van der Waals surface area contributed by atoms with Gasteiger partial charge in [0.05, 0.1) is 5.71 Å². The topological polar surface area (TPSA) is 38.4 Å². The average molecular weight is 216 g/mol. The van der Waals surface area contributed by atoms with E-state index in [4.69, 9.17) is 5.73 Å². The fourth-order valence-electron chi connectivity index (χ4n) is 1.80. The molecule has 1 aliphatic rings. The summed E-state index contributed by atoms with van der Waals surface area (Å²) in [5, 5.41) is 0. The van der Waals surface area contributed by atoms with Crippen molar-refractivity contribution < 1.29 is 0 Å². The second kappa shape index (κ2) is 4.97. The number of allylic oxidation sites excluding steroid dienone is 7. The molecule has 0 radical (unpaired) electrons. The first-order chi connectivity index (χ1) is 7.51. The normalized spacial score (nSPS) is 21.9. The third kappa shape index (κ3) is 2.32. The first-order valence-corrected chi connectivity index (χ1v) is 5.50. The molecular formula is C14H20N2. The van der Waals surface area contributed by atoms with Crippen LogP contribution in [0.15, 0.2) is 52.2 Å². The lowest BCUT2D eigenvalue weighted by molar-refractivity contribution is 0.781. The molecule has 0 aromatic rings. The van der Waals surface area contributed by atoms with Crippen molar-refractivity contribution in [3.8, 4) is 0 Å². The zero-order valence-electron chi connectivity index (χ0n) is 10.5. The summed E-state index contributed by atoms with van der Waals surface area (Å²) in [4.78, 5) is 4.25. The summed E-state index contributed by atoms with van der Waals surface area (Å²) in [5.74, 6) is 0.456. The van der Waals surface area contributed by atoms with E-state index in [1.165, 1.54) is 5.57 Å². The predicted octanol–water partition coefficient (Wildman–Crippen LogP) is 3.00. The first-order valence-electron chi connectivity index (χ1n) is 5.50. The van der Waals surface area contributed by atoms with Gasteiger partial charge in [0.1, 0.15) is 0 Å². The molecule has 2 nitrogen and oxygen atoms in total. The summed E-state index contributed by atoms with van der Waals surface area (Å²) < 4.78 is 0. The molecule has 0 fully saturated rings. The monoisotopic (exact) mass is 216 g/mol. The van der Waals surface area contributed by atoms with Gasteiger partial charge in [0.25, 0.3) is 0 Å². The van der Waals surface area contributed by atoms with Crippen LogP contribution in [0.1, 0.15) is 20.8 Å². The maximum atomic E-state index is 5.88. The Bertz CT molecular complexity index is 414. The molecule has 0 saturated heterocycles. The molecule has 0 saturated carbocycles. The number of hydrogen-bond donors (Lipinski definition) is 1. The molecule has 0 heterocycles. The third-order valence-electron chi connectivity index (χ3n) is 2.71. The molecule has 2 N–H and O–H groups in total. The van der Waals surface area contributed by atoms with Crippen LogP contribution in [0.4, 0.5) is 0 Å². The van der Waals surface area contributed by atoms with Crippen molar-refractivity contribution in [2.24, 2.45) is 16.6 Å². The zero-order valence-corrected chi connectivity index (χ0v) is 10.5. The fourth-order valence-corrected chi connectivity index (χ4v) is 1.80. The maximum absolute atomic E-state index is 5.88. The molecule has 0 aliphatic heterocycles. The Hall–Kier alpha value is -1.57. The van der Waals surface area contributed by atoms with Gasteiger partial charge in [0.15, 0.2) is 0 Å². The minimum absolute atomic E-state index is 0.456. The number of nitrogens with zero attached hydrogens (tertiary/aromatic N) is 1. The lowest BCUT2D eigenvalue weighted by Crippen LogP contribution is -2.13. The molecule has 0 aromatic carbocycles. The number of nitrogens with two attached hydrogens (primary N) is 1. The third-order valence-corrected chi connectivity index (χ3v) is 2.71. The van der Waals surface area contributed by atoms with E-state index in [0.29, 0.717) is 5.92 Å². The molecule has 1 rings (SSSR count). The standard InChI is InChI=1S/C14H20N2/c1-6-11-7-14(16-5)13(10(4)15)8-12(11)9(2)3/h6-9H,1,15H2,2-5H3/b13-10-,16-14-. The second-order valence-corrected chi connectivity index (χ2v) is 4.26. The van der Waals surface area contributed by atoms with Crippen LogP contribution in [0.25, 0.3) is 0 Å². The largest absolute Gasteiger partial charge is 0.402 e. The molecule has 0 spiro atoms. The SMILES string of the molecule is C=CC1=CC(=N/C)/C(=C(/C)N)C=C1C(C)C. The molecule has 86 valence electrons. The van der Waals surface area contributed by atoms with Crippen molar-refractivity contribution in [2.45, 2.75) is 20.8 Å². The van der Waals surface area contributed by atoms with Crippen LogP contribution >= 0.6 is 0 Å². The first kappa shape index (κ1) is 12.5. The van der Waals surface area contributed by atoms with Gasteiger partial charge >= 0.3 is 0 Å². The molecule has 0 unspecified atom stereocenters. The van der Waals surface area contributed by atoms with Crippen LogP contribution in [0, 0.1) is 5.92 Å². The fraction of sp³-hybridized carbons (Fsp3) is 0.357. The van der Waals surface area contributed by atoms with Crippen LogP contribution in [-0.2, 0) is 0 Å². The summed E-state index contributed by atoms with van der Waals surface area (Å²) >= 11 is 0. The number of aliphatic imine (C=N–C) groups is 1. The van der Waals surface area contributed by atoms with E-state index in [9.17, 15) is 0 Å². The Labute approximate surface area is 98.0 Å². The van der Waals surface area contributed by atoms with Gasteiger partial charge in [-0.1, -0.05) is 26.5 Å². The maximum Gasteiger partial charge on any atom is 0.0666 e. The summed E-state index contributed by atoms with van der Waals surface area (Å²) in [7, 11) is 1.78. The highest BCUT2D eigenvalue weighted by molar-refractivity contribution is 6.13. The van der Waals surface area contributed by atoms with Crippen LogP contribution in [0.3, 0.4) is 0 Å². The predicted molar refractivity (Wildman–Crippen MR) is 71.4 cm³/mol. The minimum atomic E-state index is 0.456. The quantitative estimate of drug-likeness (QED) is 0.757.